The van der Waals surface area contributed by atoms with Gasteiger partial charge in [0, 0.05) is 37.3 Å². The molecule has 0 bridgehead atoms. The molecule has 2 aliphatic rings. The van der Waals surface area contributed by atoms with E-state index >= 15 is 0 Å². The molecule has 1 atom stereocenters. The molecule has 154 valence electrons. The Kier molecular flexibility index (Phi) is 5.43. The maximum absolute atomic E-state index is 5.89. The molecule has 0 aromatic carbocycles. The zero-order valence-electron chi connectivity index (χ0n) is 16.7. The molecule has 29 heavy (non-hydrogen) atoms. The van der Waals surface area contributed by atoms with Gasteiger partial charge < -0.3 is 18.8 Å². The predicted molar refractivity (Wildman–Crippen MR) is 112 cm³/mol. The number of pyridine rings is 1. The number of ether oxygens (including phenoxy) is 2. The maximum atomic E-state index is 5.89. The maximum Gasteiger partial charge on any atom is 0.228 e. The van der Waals surface area contributed by atoms with Crippen LogP contribution in [-0.4, -0.2) is 63.2 Å². The molecule has 0 aliphatic carbocycles. The van der Waals surface area contributed by atoms with Crippen LogP contribution in [0.25, 0.3) is 5.65 Å². The molecule has 9 heteroatoms. The Bertz CT molecular complexity index is 975. The molecule has 0 saturated carbocycles. The first-order valence-corrected chi connectivity index (χ1v) is 11.2. The molecule has 0 amide bonds. The number of anilines is 1. The van der Waals surface area contributed by atoms with Crippen molar-refractivity contribution >= 4 is 23.4 Å². The summed E-state index contributed by atoms with van der Waals surface area (Å²) >= 11 is 1.69. The molecule has 3 aromatic rings. The Morgan fingerprint density at radius 2 is 2.07 bits per heavy atom. The van der Waals surface area contributed by atoms with Crippen molar-refractivity contribution in [2.45, 2.75) is 43.3 Å². The lowest BCUT2D eigenvalue weighted by Crippen LogP contribution is -2.38. The van der Waals surface area contributed by atoms with Crippen LogP contribution < -0.4 is 4.90 Å². The fourth-order valence-corrected chi connectivity index (χ4v) is 4.77. The first kappa shape index (κ1) is 18.9. The van der Waals surface area contributed by atoms with Gasteiger partial charge in [-0.05, 0) is 31.9 Å². The summed E-state index contributed by atoms with van der Waals surface area (Å²) in [6, 6.07) is 6.18. The number of hydrogen-bond donors (Lipinski definition) is 0. The zero-order chi connectivity index (χ0) is 19.6. The van der Waals surface area contributed by atoms with Crippen LogP contribution in [0.15, 0.2) is 29.6 Å². The standard InChI is InChI=1S/C20H26N6O2S/c1-15-4-2-6-18-21-16(12-25(15)18)14-29-20-23-22-19(24-7-10-27-11-8-24)26(20)13-17-5-3-9-28-17/h2,4,6,12,17H,3,5,7-11,13-14H2,1H3/t17-/m1/s1. The van der Waals surface area contributed by atoms with Gasteiger partial charge in [-0.25, -0.2) is 4.98 Å². The number of aryl methyl sites for hydroxylation is 1. The van der Waals surface area contributed by atoms with Crippen LogP contribution in [0.1, 0.15) is 24.2 Å². The predicted octanol–water partition coefficient (Wildman–Crippen LogP) is 2.54. The Morgan fingerprint density at radius 3 is 2.86 bits per heavy atom. The van der Waals surface area contributed by atoms with Crippen LogP contribution in [0.4, 0.5) is 5.95 Å². The van der Waals surface area contributed by atoms with Gasteiger partial charge in [-0.1, -0.05) is 17.8 Å². The fourth-order valence-electron chi connectivity index (χ4n) is 3.94. The number of thioether (sulfide) groups is 1. The average molecular weight is 415 g/mol. The van der Waals surface area contributed by atoms with Gasteiger partial charge in [0.25, 0.3) is 0 Å². The summed E-state index contributed by atoms with van der Waals surface area (Å²) in [5, 5.41) is 9.98. The van der Waals surface area contributed by atoms with Crippen molar-refractivity contribution in [3.63, 3.8) is 0 Å². The van der Waals surface area contributed by atoms with E-state index < -0.39 is 0 Å². The number of fused-ring (bicyclic) bond motifs is 1. The molecule has 5 rings (SSSR count). The van der Waals surface area contributed by atoms with Crippen molar-refractivity contribution in [1.29, 1.82) is 0 Å². The molecule has 5 heterocycles. The van der Waals surface area contributed by atoms with Crippen LogP contribution in [0.5, 0.6) is 0 Å². The van der Waals surface area contributed by atoms with E-state index in [1.165, 1.54) is 5.69 Å². The van der Waals surface area contributed by atoms with Crippen LogP contribution >= 0.6 is 11.8 Å². The Morgan fingerprint density at radius 1 is 1.17 bits per heavy atom. The summed E-state index contributed by atoms with van der Waals surface area (Å²) < 4.78 is 15.8. The minimum Gasteiger partial charge on any atom is -0.378 e. The van der Waals surface area contributed by atoms with Gasteiger partial charge >= 0.3 is 0 Å². The third-order valence-electron chi connectivity index (χ3n) is 5.50. The van der Waals surface area contributed by atoms with Crippen LogP contribution in [-0.2, 0) is 21.8 Å². The lowest BCUT2D eigenvalue weighted by Gasteiger charge is -2.28. The summed E-state index contributed by atoms with van der Waals surface area (Å²) in [4.78, 5) is 7.02. The second kappa shape index (κ2) is 8.33. The van der Waals surface area contributed by atoms with E-state index in [-0.39, 0.29) is 6.10 Å². The minimum atomic E-state index is 0.239. The second-order valence-corrected chi connectivity index (χ2v) is 8.49. The number of nitrogens with zero attached hydrogens (tertiary/aromatic N) is 6. The molecule has 2 fully saturated rings. The largest absolute Gasteiger partial charge is 0.378 e. The number of morpholine rings is 1. The number of rotatable bonds is 6. The van der Waals surface area contributed by atoms with Crippen molar-refractivity contribution in [2.24, 2.45) is 0 Å². The van der Waals surface area contributed by atoms with E-state index in [9.17, 15) is 0 Å². The van der Waals surface area contributed by atoms with Crippen LogP contribution in [0.3, 0.4) is 0 Å². The summed E-state index contributed by atoms with van der Waals surface area (Å²) in [5.41, 5.74) is 3.21. The van der Waals surface area contributed by atoms with E-state index in [1.807, 2.05) is 12.1 Å². The first-order chi connectivity index (χ1) is 14.3. The first-order valence-electron chi connectivity index (χ1n) is 10.2. The highest BCUT2D eigenvalue weighted by Crippen LogP contribution is 2.28. The highest BCUT2D eigenvalue weighted by Gasteiger charge is 2.25. The highest BCUT2D eigenvalue weighted by molar-refractivity contribution is 7.98. The van der Waals surface area contributed by atoms with Gasteiger partial charge in [0.05, 0.1) is 31.6 Å². The Balaban J connectivity index is 1.37. The summed E-state index contributed by atoms with van der Waals surface area (Å²) in [6.45, 7) is 6.90. The normalized spacial score (nSPS) is 20.0. The zero-order valence-corrected chi connectivity index (χ0v) is 17.5. The van der Waals surface area contributed by atoms with Gasteiger partial charge in [0.15, 0.2) is 5.16 Å². The molecule has 8 nitrogen and oxygen atoms in total. The quantitative estimate of drug-likeness (QED) is 0.574. The minimum absolute atomic E-state index is 0.239. The average Bonchev–Trinajstić information content (AvgIpc) is 3.48. The molecule has 3 aromatic heterocycles. The summed E-state index contributed by atoms with van der Waals surface area (Å²) in [5.74, 6) is 1.69. The van der Waals surface area contributed by atoms with Gasteiger partial charge in [-0.15, -0.1) is 10.2 Å². The Hall–Kier alpha value is -2.10. The van der Waals surface area contributed by atoms with E-state index in [2.05, 4.69) is 43.3 Å². The topological polar surface area (TPSA) is 69.7 Å². The van der Waals surface area contributed by atoms with Crippen molar-refractivity contribution in [3.8, 4) is 0 Å². The number of imidazole rings is 1. The van der Waals surface area contributed by atoms with Gasteiger partial charge in [0.1, 0.15) is 5.65 Å². The number of aromatic nitrogens is 5. The SMILES string of the molecule is Cc1cccc2nc(CSc3nnc(N4CCOCC4)n3C[C@H]3CCCO3)cn12. The molecular formula is C20H26N6O2S. The van der Waals surface area contributed by atoms with Crippen LogP contribution in [0, 0.1) is 6.92 Å². The summed E-state index contributed by atoms with van der Waals surface area (Å²) in [6.07, 6.45) is 4.57. The van der Waals surface area contributed by atoms with E-state index in [1.54, 1.807) is 11.8 Å². The molecule has 0 unspecified atom stereocenters. The number of hydrogen-bond acceptors (Lipinski definition) is 7. The molecule has 2 saturated heterocycles. The van der Waals surface area contributed by atoms with Gasteiger partial charge in [-0.3, -0.25) is 4.57 Å². The second-order valence-electron chi connectivity index (χ2n) is 7.54. The molecule has 0 N–H and O–H groups in total. The van der Waals surface area contributed by atoms with Crippen molar-refractivity contribution in [3.05, 3.63) is 35.8 Å². The Labute approximate surface area is 174 Å². The highest BCUT2D eigenvalue weighted by atomic mass is 32.2. The van der Waals surface area contributed by atoms with E-state index in [0.29, 0.717) is 0 Å². The van der Waals surface area contributed by atoms with E-state index in [4.69, 9.17) is 14.5 Å². The molecule has 0 radical (unpaired) electrons. The molecule has 0 spiro atoms. The van der Waals surface area contributed by atoms with Crippen molar-refractivity contribution in [2.75, 3.05) is 37.8 Å². The van der Waals surface area contributed by atoms with Gasteiger partial charge in [0.2, 0.25) is 5.95 Å². The van der Waals surface area contributed by atoms with Crippen LogP contribution in [0.2, 0.25) is 0 Å². The lowest BCUT2D eigenvalue weighted by molar-refractivity contribution is 0.0942. The van der Waals surface area contributed by atoms with Gasteiger partial charge in [-0.2, -0.15) is 0 Å². The van der Waals surface area contributed by atoms with E-state index in [0.717, 1.165) is 80.5 Å². The smallest absolute Gasteiger partial charge is 0.228 e. The molecule has 2 aliphatic heterocycles. The third-order valence-corrected chi connectivity index (χ3v) is 6.50. The van der Waals surface area contributed by atoms with Crippen molar-refractivity contribution in [1.82, 2.24) is 24.1 Å². The monoisotopic (exact) mass is 414 g/mol. The third kappa shape index (κ3) is 3.99. The fraction of sp³-hybridized carbons (Fsp3) is 0.550. The summed E-state index contributed by atoms with van der Waals surface area (Å²) in [7, 11) is 0. The lowest BCUT2D eigenvalue weighted by atomic mass is 10.2. The van der Waals surface area contributed by atoms with Crippen molar-refractivity contribution < 1.29 is 9.47 Å². The molecular weight excluding hydrogens is 388 g/mol.